The van der Waals surface area contributed by atoms with Crippen molar-refractivity contribution in [3.05, 3.63) is 0 Å². The Balaban J connectivity index is 2.27. The molecule has 0 bridgehead atoms. The van der Waals surface area contributed by atoms with Crippen molar-refractivity contribution in [2.45, 2.75) is 70.4 Å². The minimum atomic E-state index is -0.335. The predicted octanol–water partition coefficient (Wildman–Crippen LogP) is 2.94. The molecule has 21 heavy (non-hydrogen) atoms. The van der Waals surface area contributed by atoms with Gasteiger partial charge in [-0.15, -0.1) is 0 Å². The van der Waals surface area contributed by atoms with E-state index >= 15 is 0 Å². The maximum atomic E-state index is 9.48. The average Bonchev–Trinajstić information content (AvgIpc) is 2.52. The van der Waals surface area contributed by atoms with Gasteiger partial charge >= 0.3 is 0 Å². The fraction of sp³-hybridized carbons (Fsp3) is 0.941. The molecule has 1 rings (SSSR count). The van der Waals surface area contributed by atoms with Crippen LogP contribution in [0.25, 0.3) is 0 Å². The first-order chi connectivity index (χ1) is 10.2. The van der Waals surface area contributed by atoms with Gasteiger partial charge in [0.15, 0.2) is 0 Å². The lowest BCUT2D eigenvalue weighted by Gasteiger charge is -2.29. The lowest BCUT2D eigenvalue weighted by atomic mass is 9.91. The molecule has 1 saturated heterocycles. The van der Waals surface area contributed by atoms with Gasteiger partial charge in [-0.25, -0.2) is 0 Å². The SMILES string of the molecule is CCCNC(C#N)(CC)CCCN(C)CC1CCCCO1. The van der Waals surface area contributed by atoms with Crippen LogP contribution in [0.15, 0.2) is 0 Å². The molecule has 2 atom stereocenters. The van der Waals surface area contributed by atoms with E-state index in [9.17, 15) is 5.26 Å². The van der Waals surface area contributed by atoms with Crippen molar-refractivity contribution in [2.24, 2.45) is 0 Å². The second kappa shape index (κ2) is 10.2. The molecular weight excluding hydrogens is 262 g/mol. The predicted molar refractivity (Wildman–Crippen MR) is 87.3 cm³/mol. The zero-order valence-electron chi connectivity index (χ0n) is 14.2. The molecule has 0 spiro atoms. The Hall–Kier alpha value is -0.630. The topological polar surface area (TPSA) is 48.3 Å². The number of ether oxygens (including phenoxy) is 1. The summed E-state index contributed by atoms with van der Waals surface area (Å²) in [7, 11) is 2.16. The van der Waals surface area contributed by atoms with Gasteiger partial charge in [-0.2, -0.15) is 5.26 Å². The molecule has 0 aromatic carbocycles. The van der Waals surface area contributed by atoms with Gasteiger partial charge < -0.3 is 9.64 Å². The molecule has 0 amide bonds. The molecule has 0 saturated carbocycles. The Morgan fingerprint density at radius 1 is 1.38 bits per heavy atom. The average molecular weight is 295 g/mol. The van der Waals surface area contributed by atoms with Crippen LogP contribution in [0.1, 0.15) is 58.8 Å². The maximum absolute atomic E-state index is 9.48. The van der Waals surface area contributed by atoms with Gasteiger partial charge in [0, 0.05) is 13.2 Å². The molecule has 1 N–H and O–H groups in total. The highest BCUT2D eigenvalue weighted by atomic mass is 16.5. The van der Waals surface area contributed by atoms with E-state index in [1.54, 1.807) is 0 Å². The standard InChI is InChI=1S/C17H33N3O/c1-4-11-19-17(5-2,15-18)10-8-12-20(3)14-16-9-6-7-13-21-16/h16,19H,4-14H2,1-3H3. The number of hydrogen-bond donors (Lipinski definition) is 1. The molecular formula is C17H33N3O. The van der Waals surface area contributed by atoms with Crippen molar-refractivity contribution < 1.29 is 4.74 Å². The monoisotopic (exact) mass is 295 g/mol. The second-order valence-corrected chi connectivity index (χ2v) is 6.33. The molecule has 0 aliphatic carbocycles. The summed E-state index contributed by atoms with van der Waals surface area (Å²) in [5, 5.41) is 12.9. The van der Waals surface area contributed by atoms with Gasteiger partial charge in [-0.05, 0) is 65.1 Å². The van der Waals surface area contributed by atoms with Crippen molar-refractivity contribution in [3.63, 3.8) is 0 Å². The number of nitriles is 1. The van der Waals surface area contributed by atoms with Gasteiger partial charge in [-0.1, -0.05) is 13.8 Å². The van der Waals surface area contributed by atoms with E-state index < -0.39 is 0 Å². The fourth-order valence-corrected chi connectivity index (χ4v) is 2.97. The highest BCUT2D eigenvalue weighted by Crippen LogP contribution is 2.18. The van der Waals surface area contributed by atoms with Crippen LogP contribution in [0.2, 0.25) is 0 Å². The van der Waals surface area contributed by atoms with Crippen molar-refractivity contribution >= 4 is 0 Å². The van der Waals surface area contributed by atoms with E-state index in [4.69, 9.17) is 4.74 Å². The normalized spacial score (nSPS) is 22.0. The number of nitrogens with zero attached hydrogens (tertiary/aromatic N) is 2. The Labute approximate surface area is 130 Å². The highest BCUT2D eigenvalue weighted by Gasteiger charge is 2.26. The zero-order chi connectivity index (χ0) is 15.6. The summed E-state index contributed by atoms with van der Waals surface area (Å²) in [6, 6.07) is 2.50. The molecule has 122 valence electrons. The first-order valence-corrected chi connectivity index (χ1v) is 8.62. The van der Waals surface area contributed by atoms with Crippen LogP contribution in [-0.2, 0) is 4.74 Å². The van der Waals surface area contributed by atoms with E-state index in [1.807, 2.05) is 0 Å². The second-order valence-electron chi connectivity index (χ2n) is 6.33. The molecule has 4 heteroatoms. The third-order valence-corrected chi connectivity index (χ3v) is 4.46. The minimum absolute atomic E-state index is 0.335. The number of hydrogen-bond acceptors (Lipinski definition) is 4. The highest BCUT2D eigenvalue weighted by molar-refractivity contribution is 5.06. The molecule has 1 aliphatic rings. The summed E-state index contributed by atoms with van der Waals surface area (Å²) in [5.74, 6) is 0. The Morgan fingerprint density at radius 3 is 2.76 bits per heavy atom. The molecule has 0 aromatic rings. The van der Waals surface area contributed by atoms with Crippen LogP contribution in [0, 0.1) is 11.3 Å². The number of likely N-dealkylation sites (N-methyl/N-ethyl adjacent to an activating group) is 1. The van der Waals surface area contributed by atoms with Gasteiger partial charge in [0.05, 0.1) is 12.2 Å². The molecule has 1 heterocycles. The third-order valence-electron chi connectivity index (χ3n) is 4.46. The third kappa shape index (κ3) is 6.78. The first-order valence-electron chi connectivity index (χ1n) is 8.62. The fourth-order valence-electron chi connectivity index (χ4n) is 2.97. The maximum Gasteiger partial charge on any atom is 0.106 e. The van der Waals surface area contributed by atoms with Crippen molar-refractivity contribution in [1.29, 1.82) is 5.26 Å². The molecule has 2 unspecified atom stereocenters. The largest absolute Gasteiger partial charge is 0.377 e. The van der Waals surface area contributed by atoms with Gasteiger partial charge in [0.2, 0.25) is 0 Å². The smallest absolute Gasteiger partial charge is 0.106 e. The lowest BCUT2D eigenvalue weighted by molar-refractivity contribution is -0.00175. The summed E-state index contributed by atoms with van der Waals surface area (Å²) < 4.78 is 5.78. The minimum Gasteiger partial charge on any atom is -0.377 e. The van der Waals surface area contributed by atoms with Crippen molar-refractivity contribution in [2.75, 3.05) is 33.3 Å². The van der Waals surface area contributed by atoms with E-state index in [0.29, 0.717) is 6.10 Å². The van der Waals surface area contributed by atoms with Gasteiger partial charge in [0.25, 0.3) is 0 Å². The van der Waals surface area contributed by atoms with Crippen molar-refractivity contribution in [1.82, 2.24) is 10.2 Å². The molecule has 0 radical (unpaired) electrons. The summed E-state index contributed by atoms with van der Waals surface area (Å²) >= 11 is 0. The first kappa shape index (κ1) is 18.4. The van der Waals surface area contributed by atoms with E-state index in [1.165, 1.54) is 19.3 Å². The van der Waals surface area contributed by atoms with Gasteiger partial charge in [-0.3, -0.25) is 5.32 Å². The summed E-state index contributed by atoms with van der Waals surface area (Å²) in [5.41, 5.74) is -0.335. The van der Waals surface area contributed by atoms with E-state index in [2.05, 4.69) is 37.2 Å². The quantitative estimate of drug-likeness (QED) is 0.673. The summed E-state index contributed by atoms with van der Waals surface area (Å²) in [6.45, 7) is 8.15. The van der Waals surface area contributed by atoms with Crippen LogP contribution in [0.4, 0.5) is 0 Å². The molecule has 0 aromatic heterocycles. The van der Waals surface area contributed by atoms with Crippen LogP contribution in [-0.4, -0.2) is 49.8 Å². The van der Waals surface area contributed by atoms with Crippen LogP contribution < -0.4 is 5.32 Å². The van der Waals surface area contributed by atoms with Crippen LogP contribution in [0.3, 0.4) is 0 Å². The lowest BCUT2D eigenvalue weighted by Crippen LogP contribution is -2.44. The van der Waals surface area contributed by atoms with Gasteiger partial charge in [0.1, 0.15) is 5.54 Å². The Kier molecular flexibility index (Phi) is 8.91. The van der Waals surface area contributed by atoms with E-state index in [0.717, 1.165) is 51.9 Å². The summed E-state index contributed by atoms with van der Waals surface area (Å²) in [6.07, 6.45) is 8.05. The number of nitrogens with one attached hydrogen (secondary N) is 1. The van der Waals surface area contributed by atoms with Crippen LogP contribution >= 0.6 is 0 Å². The molecule has 1 aliphatic heterocycles. The Morgan fingerprint density at radius 2 is 2.19 bits per heavy atom. The van der Waals surface area contributed by atoms with E-state index in [-0.39, 0.29) is 5.54 Å². The number of rotatable bonds is 10. The van der Waals surface area contributed by atoms with Crippen LogP contribution in [0.5, 0.6) is 0 Å². The van der Waals surface area contributed by atoms with Crippen molar-refractivity contribution in [3.8, 4) is 6.07 Å². The zero-order valence-corrected chi connectivity index (χ0v) is 14.2. The Bertz CT molecular complexity index is 310. The molecule has 1 fully saturated rings. The molecule has 4 nitrogen and oxygen atoms in total. The summed E-state index contributed by atoms with van der Waals surface area (Å²) in [4.78, 5) is 2.35.